The standard InChI is InChI=1S/C19H25N5O/c1-3-22(4-2)17-13-16(14-20-15-17)19(25)24-11-9-23(10-12-24)18-7-5-6-8-21-18/h5-8,13-15H,3-4,9-12H2,1-2H3. The van der Waals surface area contributed by atoms with Crippen molar-refractivity contribution in [2.75, 3.05) is 49.1 Å². The van der Waals surface area contributed by atoms with Gasteiger partial charge in [0, 0.05) is 51.7 Å². The highest BCUT2D eigenvalue weighted by Gasteiger charge is 2.23. The van der Waals surface area contributed by atoms with Crippen LogP contribution in [0.4, 0.5) is 11.5 Å². The first-order chi connectivity index (χ1) is 12.2. The van der Waals surface area contributed by atoms with Crippen molar-refractivity contribution in [2.45, 2.75) is 13.8 Å². The summed E-state index contributed by atoms with van der Waals surface area (Å²) in [5, 5.41) is 0. The number of amides is 1. The van der Waals surface area contributed by atoms with E-state index in [4.69, 9.17) is 0 Å². The normalized spacial score (nSPS) is 14.5. The van der Waals surface area contributed by atoms with Gasteiger partial charge in [-0.15, -0.1) is 0 Å². The average molecular weight is 339 g/mol. The van der Waals surface area contributed by atoms with Gasteiger partial charge in [-0.2, -0.15) is 0 Å². The van der Waals surface area contributed by atoms with Crippen LogP contribution < -0.4 is 9.80 Å². The van der Waals surface area contributed by atoms with E-state index in [1.807, 2.05) is 35.4 Å². The van der Waals surface area contributed by atoms with Gasteiger partial charge < -0.3 is 14.7 Å². The second-order valence-corrected chi connectivity index (χ2v) is 6.07. The molecule has 0 aromatic carbocycles. The maximum absolute atomic E-state index is 12.8. The minimum Gasteiger partial charge on any atom is -0.371 e. The van der Waals surface area contributed by atoms with Crippen LogP contribution in [-0.2, 0) is 0 Å². The second-order valence-electron chi connectivity index (χ2n) is 6.07. The lowest BCUT2D eigenvalue weighted by molar-refractivity contribution is 0.0746. The van der Waals surface area contributed by atoms with Crippen LogP contribution in [0.3, 0.4) is 0 Å². The zero-order chi connectivity index (χ0) is 17.6. The van der Waals surface area contributed by atoms with Gasteiger partial charge in [-0.25, -0.2) is 4.98 Å². The Hall–Kier alpha value is -2.63. The van der Waals surface area contributed by atoms with Crippen LogP contribution in [0.15, 0.2) is 42.9 Å². The van der Waals surface area contributed by atoms with Crippen molar-refractivity contribution in [3.05, 3.63) is 48.4 Å². The third kappa shape index (κ3) is 3.90. The van der Waals surface area contributed by atoms with Crippen LogP contribution in [0, 0.1) is 0 Å². The van der Waals surface area contributed by atoms with Gasteiger partial charge in [0.05, 0.1) is 17.4 Å². The van der Waals surface area contributed by atoms with Crippen molar-refractivity contribution in [3.63, 3.8) is 0 Å². The van der Waals surface area contributed by atoms with Gasteiger partial charge in [-0.1, -0.05) is 6.07 Å². The van der Waals surface area contributed by atoms with E-state index in [9.17, 15) is 4.79 Å². The predicted octanol–water partition coefficient (Wildman–Crippen LogP) is 2.29. The topological polar surface area (TPSA) is 52.6 Å². The Morgan fingerprint density at radius 3 is 2.52 bits per heavy atom. The predicted molar refractivity (Wildman–Crippen MR) is 100 cm³/mol. The van der Waals surface area contributed by atoms with Crippen molar-refractivity contribution in [3.8, 4) is 0 Å². The number of carbonyl (C=O) groups is 1. The van der Waals surface area contributed by atoms with Crippen LogP contribution in [0.2, 0.25) is 0 Å². The Labute approximate surface area is 149 Å². The number of hydrogen-bond acceptors (Lipinski definition) is 5. The van der Waals surface area contributed by atoms with Gasteiger partial charge in [-0.3, -0.25) is 9.78 Å². The van der Waals surface area contributed by atoms with Crippen LogP contribution in [0.5, 0.6) is 0 Å². The zero-order valence-corrected chi connectivity index (χ0v) is 14.9. The highest BCUT2D eigenvalue weighted by atomic mass is 16.2. The van der Waals surface area contributed by atoms with Gasteiger partial charge in [-0.05, 0) is 32.0 Å². The van der Waals surface area contributed by atoms with Crippen molar-refractivity contribution in [2.24, 2.45) is 0 Å². The number of nitrogens with zero attached hydrogens (tertiary/aromatic N) is 5. The summed E-state index contributed by atoms with van der Waals surface area (Å²) in [6, 6.07) is 7.87. The van der Waals surface area contributed by atoms with Crippen molar-refractivity contribution in [1.29, 1.82) is 0 Å². The molecule has 0 bridgehead atoms. The number of hydrogen-bond donors (Lipinski definition) is 0. The van der Waals surface area contributed by atoms with Gasteiger partial charge in [0.1, 0.15) is 5.82 Å². The number of anilines is 2. The minimum absolute atomic E-state index is 0.0576. The fraction of sp³-hybridized carbons (Fsp3) is 0.421. The first-order valence-electron chi connectivity index (χ1n) is 8.88. The van der Waals surface area contributed by atoms with E-state index in [1.54, 1.807) is 12.4 Å². The summed E-state index contributed by atoms with van der Waals surface area (Å²) in [7, 11) is 0. The Kier molecular flexibility index (Phi) is 5.48. The van der Waals surface area contributed by atoms with E-state index >= 15 is 0 Å². The van der Waals surface area contributed by atoms with Crippen LogP contribution in [0.1, 0.15) is 24.2 Å². The third-order valence-corrected chi connectivity index (χ3v) is 4.64. The summed E-state index contributed by atoms with van der Waals surface area (Å²) >= 11 is 0. The van der Waals surface area contributed by atoms with E-state index in [0.717, 1.165) is 37.7 Å². The molecule has 25 heavy (non-hydrogen) atoms. The van der Waals surface area contributed by atoms with Crippen molar-refractivity contribution >= 4 is 17.4 Å². The molecule has 3 heterocycles. The number of aromatic nitrogens is 2. The lowest BCUT2D eigenvalue weighted by Crippen LogP contribution is -2.49. The second kappa shape index (κ2) is 7.96. The molecule has 0 radical (unpaired) electrons. The SMILES string of the molecule is CCN(CC)c1cncc(C(=O)N2CCN(c3ccccn3)CC2)c1. The van der Waals surface area contributed by atoms with Crippen molar-refractivity contribution in [1.82, 2.24) is 14.9 Å². The lowest BCUT2D eigenvalue weighted by Gasteiger charge is -2.35. The quantitative estimate of drug-likeness (QED) is 0.836. The van der Waals surface area contributed by atoms with Crippen LogP contribution in [-0.4, -0.2) is 60.0 Å². The molecule has 0 atom stereocenters. The monoisotopic (exact) mass is 339 g/mol. The number of piperazine rings is 1. The summed E-state index contributed by atoms with van der Waals surface area (Å²) in [6.45, 7) is 9.01. The van der Waals surface area contributed by atoms with E-state index in [-0.39, 0.29) is 5.91 Å². The molecule has 6 heteroatoms. The highest BCUT2D eigenvalue weighted by Crippen LogP contribution is 2.18. The minimum atomic E-state index is 0.0576. The molecule has 2 aromatic rings. The molecule has 3 rings (SSSR count). The third-order valence-electron chi connectivity index (χ3n) is 4.64. The van der Waals surface area contributed by atoms with Crippen LogP contribution >= 0.6 is 0 Å². The summed E-state index contributed by atoms with van der Waals surface area (Å²) in [5.74, 6) is 1.03. The molecule has 2 aromatic heterocycles. The van der Waals surface area contributed by atoms with E-state index in [2.05, 4.69) is 33.6 Å². The molecule has 1 aliphatic heterocycles. The molecule has 1 aliphatic rings. The van der Waals surface area contributed by atoms with Crippen LogP contribution in [0.25, 0.3) is 0 Å². The molecule has 0 aliphatic carbocycles. The zero-order valence-electron chi connectivity index (χ0n) is 14.9. The summed E-state index contributed by atoms with van der Waals surface area (Å²) < 4.78 is 0. The Bertz CT molecular complexity index is 694. The maximum Gasteiger partial charge on any atom is 0.255 e. The van der Waals surface area contributed by atoms with Gasteiger partial charge >= 0.3 is 0 Å². The average Bonchev–Trinajstić information content (AvgIpc) is 2.69. The highest BCUT2D eigenvalue weighted by molar-refractivity contribution is 5.95. The van der Waals surface area contributed by atoms with E-state index < -0.39 is 0 Å². The van der Waals surface area contributed by atoms with Crippen molar-refractivity contribution < 1.29 is 4.79 Å². The molecule has 0 spiro atoms. The maximum atomic E-state index is 12.8. The fourth-order valence-corrected chi connectivity index (χ4v) is 3.17. The smallest absolute Gasteiger partial charge is 0.255 e. The molecule has 132 valence electrons. The Morgan fingerprint density at radius 2 is 1.88 bits per heavy atom. The van der Waals surface area contributed by atoms with E-state index in [0.29, 0.717) is 18.7 Å². The molecule has 0 N–H and O–H groups in total. The molecule has 0 unspecified atom stereocenters. The molecule has 0 saturated carbocycles. The molecular formula is C19H25N5O. The number of carbonyl (C=O) groups excluding carboxylic acids is 1. The molecule has 1 amide bonds. The number of rotatable bonds is 5. The fourth-order valence-electron chi connectivity index (χ4n) is 3.17. The number of pyridine rings is 2. The molecule has 6 nitrogen and oxygen atoms in total. The summed E-state index contributed by atoms with van der Waals surface area (Å²) in [6.07, 6.45) is 5.29. The van der Waals surface area contributed by atoms with Gasteiger partial charge in [0.15, 0.2) is 0 Å². The first-order valence-corrected chi connectivity index (χ1v) is 8.88. The summed E-state index contributed by atoms with van der Waals surface area (Å²) in [5.41, 5.74) is 1.67. The molecule has 1 saturated heterocycles. The van der Waals surface area contributed by atoms with Gasteiger partial charge in [0.2, 0.25) is 0 Å². The lowest BCUT2D eigenvalue weighted by atomic mass is 10.2. The largest absolute Gasteiger partial charge is 0.371 e. The first kappa shape index (κ1) is 17.2. The molecular weight excluding hydrogens is 314 g/mol. The Morgan fingerprint density at radius 1 is 1.12 bits per heavy atom. The van der Waals surface area contributed by atoms with Gasteiger partial charge in [0.25, 0.3) is 5.91 Å². The Balaban J connectivity index is 1.66. The summed E-state index contributed by atoms with van der Waals surface area (Å²) in [4.78, 5) is 27.8. The van der Waals surface area contributed by atoms with E-state index in [1.165, 1.54) is 0 Å². The molecule has 1 fully saturated rings.